The van der Waals surface area contributed by atoms with Gasteiger partial charge in [0.15, 0.2) is 0 Å². The van der Waals surface area contributed by atoms with Crippen molar-refractivity contribution in [1.29, 1.82) is 0 Å². The highest BCUT2D eigenvalue weighted by atomic mass is 16.3. The minimum atomic E-state index is -0.625. The Kier molecular flexibility index (Phi) is 3.30. The van der Waals surface area contributed by atoms with Crippen LogP contribution in [0.15, 0.2) is 53.8 Å². The van der Waals surface area contributed by atoms with Crippen molar-refractivity contribution in [2.24, 2.45) is 0 Å². The molecule has 0 spiro atoms. The van der Waals surface area contributed by atoms with Crippen LogP contribution < -0.4 is 0 Å². The Bertz CT molecular complexity index is 481. The Morgan fingerprint density at radius 3 is 2.41 bits per heavy atom. The van der Waals surface area contributed by atoms with Crippen LogP contribution in [0.5, 0.6) is 5.75 Å². The molecule has 1 unspecified atom stereocenters. The topological polar surface area (TPSA) is 60.7 Å². The van der Waals surface area contributed by atoms with E-state index in [9.17, 15) is 10.2 Å². The fraction of sp³-hybridized carbons (Fsp3) is 0.143. The van der Waals surface area contributed by atoms with Crippen LogP contribution in [0.25, 0.3) is 6.08 Å². The molecule has 0 bridgehead atoms. The third kappa shape index (κ3) is 3.23. The normalized spacial score (nSPS) is 20.2. The summed E-state index contributed by atoms with van der Waals surface area (Å²) in [7, 11) is 0. The van der Waals surface area contributed by atoms with E-state index in [1.807, 2.05) is 12.2 Å². The summed E-state index contributed by atoms with van der Waals surface area (Å²) in [6.07, 6.45) is 6.63. The van der Waals surface area contributed by atoms with E-state index in [1.54, 1.807) is 30.3 Å². The van der Waals surface area contributed by atoms with E-state index in [0.29, 0.717) is 6.42 Å². The Balaban J connectivity index is 2.11. The molecule has 0 aliphatic heterocycles. The summed E-state index contributed by atoms with van der Waals surface area (Å²) in [5, 5.41) is 27.9. The number of aliphatic hydroxyl groups excluding tert-OH is 2. The zero-order valence-electron chi connectivity index (χ0n) is 9.24. The van der Waals surface area contributed by atoms with Gasteiger partial charge in [0.25, 0.3) is 0 Å². The molecule has 0 aromatic heterocycles. The molecule has 3 nitrogen and oxygen atoms in total. The fourth-order valence-corrected chi connectivity index (χ4v) is 1.70. The van der Waals surface area contributed by atoms with Crippen LogP contribution >= 0.6 is 0 Å². The molecular weight excluding hydrogens is 216 g/mol. The van der Waals surface area contributed by atoms with Crippen LogP contribution in [0.2, 0.25) is 0 Å². The first-order valence-electron chi connectivity index (χ1n) is 5.40. The van der Waals surface area contributed by atoms with Crippen LogP contribution in [0.3, 0.4) is 0 Å². The van der Waals surface area contributed by atoms with Crippen molar-refractivity contribution in [2.45, 2.75) is 12.5 Å². The van der Waals surface area contributed by atoms with Crippen molar-refractivity contribution in [3.8, 4) is 5.75 Å². The van der Waals surface area contributed by atoms with Crippen LogP contribution in [-0.4, -0.2) is 21.4 Å². The molecule has 1 aromatic carbocycles. The molecule has 17 heavy (non-hydrogen) atoms. The number of aliphatic hydroxyl groups is 2. The highest BCUT2D eigenvalue weighted by Gasteiger charge is 2.09. The number of allylic oxidation sites excluding steroid dienone is 2. The van der Waals surface area contributed by atoms with Gasteiger partial charge in [0.05, 0.1) is 6.10 Å². The number of benzene rings is 1. The average molecular weight is 230 g/mol. The maximum Gasteiger partial charge on any atom is 0.115 e. The summed E-state index contributed by atoms with van der Waals surface area (Å²) >= 11 is 0. The second-order valence-electron chi connectivity index (χ2n) is 4.01. The fourth-order valence-electron chi connectivity index (χ4n) is 1.70. The van der Waals surface area contributed by atoms with E-state index >= 15 is 0 Å². The zero-order valence-corrected chi connectivity index (χ0v) is 9.24. The van der Waals surface area contributed by atoms with E-state index < -0.39 is 6.10 Å². The summed E-state index contributed by atoms with van der Waals surface area (Å²) in [5.41, 5.74) is 1.82. The SMILES string of the molecule is OC1=CC(O)CC(/C=C/c2ccc(O)cc2)=C1. The summed E-state index contributed by atoms with van der Waals surface area (Å²) in [6, 6.07) is 6.81. The first kappa shape index (κ1) is 11.5. The maximum atomic E-state index is 9.44. The molecule has 0 amide bonds. The first-order chi connectivity index (χ1) is 8.13. The highest BCUT2D eigenvalue weighted by Crippen LogP contribution is 2.19. The van der Waals surface area contributed by atoms with E-state index in [0.717, 1.165) is 11.1 Å². The van der Waals surface area contributed by atoms with Gasteiger partial charge in [-0.25, -0.2) is 0 Å². The molecule has 0 heterocycles. The summed E-state index contributed by atoms with van der Waals surface area (Å²) in [5.74, 6) is 0.323. The van der Waals surface area contributed by atoms with Gasteiger partial charge in [-0.05, 0) is 35.4 Å². The number of phenols is 1. The minimum absolute atomic E-state index is 0.0918. The summed E-state index contributed by atoms with van der Waals surface area (Å²) in [6.45, 7) is 0. The van der Waals surface area contributed by atoms with E-state index in [4.69, 9.17) is 5.11 Å². The lowest BCUT2D eigenvalue weighted by molar-refractivity contribution is 0.216. The summed E-state index contributed by atoms with van der Waals surface area (Å²) in [4.78, 5) is 0. The molecular formula is C14H14O3. The molecule has 1 aromatic rings. The van der Waals surface area contributed by atoms with Crippen LogP contribution in [0.1, 0.15) is 12.0 Å². The van der Waals surface area contributed by atoms with Gasteiger partial charge in [-0.2, -0.15) is 0 Å². The van der Waals surface area contributed by atoms with Crippen molar-refractivity contribution in [3.63, 3.8) is 0 Å². The molecule has 0 saturated carbocycles. The molecule has 2 rings (SSSR count). The smallest absolute Gasteiger partial charge is 0.115 e. The first-order valence-corrected chi connectivity index (χ1v) is 5.40. The molecule has 0 fully saturated rings. The van der Waals surface area contributed by atoms with Crippen molar-refractivity contribution in [3.05, 3.63) is 59.4 Å². The van der Waals surface area contributed by atoms with E-state index in [2.05, 4.69) is 0 Å². The second kappa shape index (κ2) is 4.89. The van der Waals surface area contributed by atoms with Crippen LogP contribution in [0, 0.1) is 0 Å². The van der Waals surface area contributed by atoms with Crippen molar-refractivity contribution in [1.82, 2.24) is 0 Å². The highest BCUT2D eigenvalue weighted by molar-refractivity contribution is 5.54. The van der Waals surface area contributed by atoms with Gasteiger partial charge in [0.1, 0.15) is 11.5 Å². The van der Waals surface area contributed by atoms with Gasteiger partial charge in [0.2, 0.25) is 0 Å². The van der Waals surface area contributed by atoms with Gasteiger partial charge in [-0.3, -0.25) is 0 Å². The van der Waals surface area contributed by atoms with E-state index in [1.165, 1.54) is 6.08 Å². The lowest BCUT2D eigenvalue weighted by Gasteiger charge is -2.12. The molecule has 1 aliphatic rings. The molecule has 3 heteroatoms. The Labute approximate surface area is 99.7 Å². The van der Waals surface area contributed by atoms with Gasteiger partial charge in [-0.15, -0.1) is 0 Å². The van der Waals surface area contributed by atoms with Crippen molar-refractivity contribution in [2.75, 3.05) is 0 Å². The Morgan fingerprint density at radius 2 is 1.76 bits per heavy atom. The molecule has 1 atom stereocenters. The lowest BCUT2D eigenvalue weighted by atomic mass is 10.0. The maximum absolute atomic E-state index is 9.44. The number of rotatable bonds is 2. The van der Waals surface area contributed by atoms with Crippen molar-refractivity contribution < 1.29 is 15.3 Å². The third-order valence-electron chi connectivity index (χ3n) is 2.52. The number of hydrogen-bond acceptors (Lipinski definition) is 3. The van der Waals surface area contributed by atoms with Crippen LogP contribution in [-0.2, 0) is 0 Å². The van der Waals surface area contributed by atoms with Gasteiger partial charge in [0, 0.05) is 6.42 Å². The van der Waals surface area contributed by atoms with Gasteiger partial charge in [-0.1, -0.05) is 24.3 Å². The zero-order chi connectivity index (χ0) is 12.3. The molecule has 88 valence electrons. The van der Waals surface area contributed by atoms with Crippen LogP contribution in [0.4, 0.5) is 0 Å². The second-order valence-corrected chi connectivity index (χ2v) is 4.01. The average Bonchev–Trinajstić information content (AvgIpc) is 2.27. The molecule has 0 saturated heterocycles. The van der Waals surface area contributed by atoms with Crippen molar-refractivity contribution >= 4 is 6.08 Å². The van der Waals surface area contributed by atoms with E-state index in [-0.39, 0.29) is 11.5 Å². The standard InChI is InChI=1S/C14H14O3/c15-12-5-3-10(4-6-12)1-2-11-7-13(16)9-14(17)8-11/h1-7,9,14-17H,8H2/b2-1+. The quantitative estimate of drug-likeness (QED) is 0.731. The minimum Gasteiger partial charge on any atom is -0.508 e. The van der Waals surface area contributed by atoms with Gasteiger partial charge < -0.3 is 15.3 Å². The largest absolute Gasteiger partial charge is 0.508 e. The predicted octanol–water partition coefficient (Wildman–Crippen LogP) is 2.54. The molecule has 3 N–H and O–H groups in total. The Hall–Kier alpha value is -2.00. The monoisotopic (exact) mass is 230 g/mol. The Morgan fingerprint density at radius 1 is 1.06 bits per heavy atom. The molecule has 0 radical (unpaired) electrons. The van der Waals surface area contributed by atoms with Gasteiger partial charge >= 0.3 is 0 Å². The molecule has 1 aliphatic carbocycles. The lowest BCUT2D eigenvalue weighted by Crippen LogP contribution is -2.08. The number of aromatic hydroxyl groups is 1. The number of hydrogen-bond donors (Lipinski definition) is 3. The third-order valence-corrected chi connectivity index (χ3v) is 2.52. The summed E-state index contributed by atoms with van der Waals surface area (Å²) < 4.78 is 0. The number of phenolic OH excluding ortho intramolecular Hbond substituents is 1. The predicted molar refractivity (Wildman–Crippen MR) is 66.6 cm³/mol.